The van der Waals surface area contributed by atoms with Gasteiger partial charge >= 0.3 is 0 Å². The minimum Gasteiger partial charge on any atom is -0.464 e. The molecule has 2 N–H and O–H groups in total. The van der Waals surface area contributed by atoms with E-state index in [1.165, 1.54) is 0 Å². The van der Waals surface area contributed by atoms with E-state index < -0.39 is 6.10 Å². The minimum absolute atomic E-state index is 0.299. The quantitative estimate of drug-likeness (QED) is 0.805. The number of rotatable bonds is 6. The lowest BCUT2D eigenvalue weighted by Gasteiger charge is -2.29. The van der Waals surface area contributed by atoms with Crippen molar-refractivity contribution in [1.82, 2.24) is 5.32 Å². The highest BCUT2D eigenvalue weighted by atomic mass is 32.2. The van der Waals surface area contributed by atoms with Gasteiger partial charge in [-0.05, 0) is 39.2 Å². The van der Waals surface area contributed by atoms with Gasteiger partial charge in [-0.25, -0.2) is 0 Å². The fourth-order valence-electron chi connectivity index (χ4n) is 1.20. The molecular formula is C12H21NO2S. The second-order valence-corrected chi connectivity index (χ2v) is 5.42. The standard InChI is InChI=1S/C12H21NO2S/c1-9(14)12(2,3)13-7-10-5-6-11(15-10)8-16-4/h5-6,9,13-14H,7-8H2,1-4H3. The maximum absolute atomic E-state index is 9.55. The molecule has 4 heteroatoms. The Balaban J connectivity index is 2.48. The first kappa shape index (κ1) is 13.6. The number of thioether (sulfide) groups is 1. The second kappa shape index (κ2) is 5.75. The summed E-state index contributed by atoms with van der Waals surface area (Å²) >= 11 is 1.74. The molecule has 1 aromatic heterocycles. The first-order valence-electron chi connectivity index (χ1n) is 5.45. The molecule has 0 saturated carbocycles. The average molecular weight is 243 g/mol. The summed E-state index contributed by atoms with van der Waals surface area (Å²) in [6, 6.07) is 3.99. The van der Waals surface area contributed by atoms with Gasteiger partial charge in [0.2, 0.25) is 0 Å². The lowest BCUT2D eigenvalue weighted by atomic mass is 9.99. The zero-order chi connectivity index (χ0) is 12.2. The summed E-state index contributed by atoms with van der Waals surface area (Å²) in [5.74, 6) is 2.82. The van der Waals surface area contributed by atoms with Crippen LogP contribution in [0, 0.1) is 0 Å². The Morgan fingerprint density at radius 1 is 1.44 bits per heavy atom. The lowest BCUT2D eigenvalue weighted by molar-refractivity contribution is 0.0942. The predicted octanol–water partition coefficient (Wildman–Crippen LogP) is 2.39. The number of hydrogen-bond acceptors (Lipinski definition) is 4. The van der Waals surface area contributed by atoms with Gasteiger partial charge in [0.1, 0.15) is 11.5 Å². The average Bonchev–Trinajstić information content (AvgIpc) is 2.63. The summed E-state index contributed by atoms with van der Waals surface area (Å²) in [6.07, 6.45) is 1.66. The van der Waals surface area contributed by atoms with Crippen molar-refractivity contribution in [2.24, 2.45) is 0 Å². The van der Waals surface area contributed by atoms with Crippen LogP contribution in [-0.4, -0.2) is 23.0 Å². The SMILES string of the molecule is CSCc1ccc(CNC(C)(C)C(C)O)o1. The molecule has 1 unspecified atom stereocenters. The molecule has 1 heterocycles. The van der Waals surface area contributed by atoms with Gasteiger partial charge in [0, 0.05) is 5.54 Å². The summed E-state index contributed by atoms with van der Waals surface area (Å²) < 4.78 is 5.63. The largest absolute Gasteiger partial charge is 0.464 e. The molecule has 0 spiro atoms. The molecule has 0 aliphatic heterocycles. The molecule has 0 aliphatic rings. The topological polar surface area (TPSA) is 45.4 Å². The minimum atomic E-state index is -0.395. The third-order valence-corrected chi connectivity index (χ3v) is 3.34. The lowest BCUT2D eigenvalue weighted by Crippen LogP contribution is -2.47. The normalized spacial score (nSPS) is 14.1. The smallest absolute Gasteiger partial charge is 0.118 e. The van der Waals surface area contributed by atoms with Crippen LogP contribution in [0.2, 0.25) is 0 Å². The van der Waals surface area contributed by atoms with Gasteiger partial charge < -0.3 is 14.8 Å². The van der Waals surface area contributed by atoms with E-state index in [2.05, 4.69) is 11.6 Å². The third-order valence-electron chi connectivity index (χ3n) is 2.77. The molecular weight excluding hydrogens is 222 g/mol. The van der Waals surface area contributed by atoms with Crippen LogP contribution in [0.5, 0.6) is 0 Å². The summed E-state index contributed by atoms with van der Waals surface area (Å²) in [7, 11) is 0. The van der Waals surface area contributed by atoms with Gasteiger partial charge in [0.05, 0.1) is 18.4 Å². The Labute approximate surface area is 102 Å². The van der Waals surface area contributed by atoms with Crippen LogP contribution in [0.25, 0.3) is 0 Å². The zero-order valence-corrected chi connectivity index (χ0v) is 11.2. The number of furan rings is 1. The molecule has 1 aromatic rings. The van der Waals surface area contributed by atoms with Crippen molar-refractivity contribution >= 4 is 11.8 Å². The van der Waals surface area contributed by atoms with Crippen LogP contribution < -0.4 is 5.32 Å². The molecule has 0 bridgehead atoms. The number of aliphatic hydroxyl groups is 1. The van der Waals surface area contributed by atoms with E-state index in [1.807, 2.05) is 26.0 Å². The first-order chi connectivity index (χ1) is 7.45. The molecule has 3 nitrogen and oxygen atoms in total. The van der Waals surface area contributed by atoms with Crippen LogP contribution in [0.4, 0.5) is 0 Å². The highest BCUT2D eigenvalue weighted by molar-refractivity contribution is 7.97. The van der Waals surface area contributed by atoms with Crippen molar-refractivity contribution < 1.29 is 9.52 Å². The summed E-state index contributed by atoms with van der Waals surface area (Å²) in [5.41, 5.74) is -0.299. The molecule has 1 rings (SSSR count). The maximum atomic E-state index is 9.55. The number of hydrogen-bond donors (Lipinski definition) is 2. The summed E-state index contributed by atoms with van der Waals surface area (Å²) in [4.78, 5) is 0. The molecule has 0 amide bonds. The van der Waals surface area contributed by atoms with E-state index in [-0.39, 0.29) is 5.54 Å². The number of nitrogens with one attached hydrogen (secondary N) is 1. The van der Waals surface area contributed by atoms with Crippen molar-refractivity contribution in [3.8, 4) is 0 Å². The van der Waals surface area contributed by atoms with E-state index in [0.29, 0.717) is 6.54 Å². The Morgan fingerprint density at radius 2 is 2.06 bits per heavy atom. The van der Waals surface area contributed by atoms with E-state index in [0.717, 1.165) is 17.3 Å². The van der Waals surface area contributed by atoms with E-state index in [9.17, 15) is 5.11 Å². The Hall–Kier alpha value is -0.450. The molecule has 0 radical (unpaired) electrons. The van der Waals surface area contributed by atoms with Crippen molar-refractivity contribution in [1.29, 1.82) is 0 Å². The van der Waals surface area contributed by atoms with Gasteiger partial charge in [-0.1, -0.05) is 0 Å². The van der Waals surface area contributed by atoms with Crippen LogP contribution in [0.15, 0.2) is 16.5 Å². The van der Waals surface area contributed by atoms with Crippen molar-refractivity contribution in [3.63, 3.8) is 0 Å². The molecule has 0 fully saturated rings. The van der Waals surface area contributed by atoms with Gasteiger partial charge in [0.25, 0.3) is 0 Å². The predicted molar refractivity (Wildman–Crippen MR) is 68.5 cm³/mol. The Kier molecular flexibility index (Phi) is 4.89. The highest BCUT2D eigenvalue weighted by Crippen LogP contribution is 2.15. The van der Waals surface area contributed by atoms with E-state index in [1.54, 1.807) is 18.7 Å². The van der Waals surface area contributed by atoms with Crippen LogP contribution in [0.1, 0.15) is 32.3 Å². The summed E-state index contributed by atoms with van der Waals surface area (Å²) in [5, 5.41) is 12.8. The maximum Gasteiger partial charge on any atom is 0.118 e. The molecule has 0 saturated heterocycles. The Morgan fingerprint density at radius 3 is 2.62 bits per heavy atom. The van der Waals surface area contributed by atoms with E-state index >= 15 is 0 Å². The first-order valence-corrected chi connectivity index (χ1v) is 6.84. The molecule has 1 atom stereocenters. The van der Waals surface area contributed by atoms with Gasteiger partial charge in [-0.2, -0.15) is 11.8 Å². The summed E-state index contributed by atoms with van der Waals surface area (Å²) in [6.45, 7) is 6.38. The van der Waals surface area contributed by atoms with Crippen LogP contribution >= 0.6 is 11.8 Å². The second-order valence-electron chi connectivity index (χ2n) is 4.55. The van der Waals surface area contributed by atoms with Crippen LogP contribution in [-0.2, 0) is 12.3 Å². The van der Waals surface area contributed by atoms with E-state index in [4.69, 9.17) is 4.42 Å². The molecule has 92 valence electrons. The zero-order valence-electron chi connectivity index (χ0n) is 10.4. The van der Waals surface area contributed by atoms with Crippen molar-refractivity contribution in [2.45, 2.75) is 44.7 Å². The van der Waals surface area contributed by atoms with Gasteiger partial charge in [-0.15, -0.1) is 0 Å². The fourth-order valence-corrected chi connectivity index (χ4v) is 1.64. The van der Waals surface area contributed by atoms with Crippen LogP contribution in [0.3, 0.4) is 0 Å². The highest BCUT2D eigenvalue weighted by Gasteiger charge is 2.23. The Bertz CT molecular complexity index is 321. The third kappa shape index (κ3) is 3.85. The monoisotopic (exact) mass is 243 g/mol. The molecule has 16 heavy (non-hydrogen) atoms. The van der Waals surface area contributed by atoms with Crippen molar-refractivity contribution in [2.75, 3.05) is 6.26 Å². The van der Waals surface area contributed by atoms with Gasteiger partial charge in [0.15, 0.2) is 0 Å². The molecule has 0 aliphatic carbocycles. The number of aliphatic hydroxyl groups excluding tert-OH is 1. The fraction of sp³-hybridized carbons (Fsp3) is 0.667. The van der Waals surface area contributed by atoms with Crippen molar-refractivity contribution in [3.05, 3.63) is 23.7 Å². The van der Waals surface area contributed by atoms with Gasteiger partial charge in [-0.3, -0.25) is 0 Å². The molecule has 0 aromatic carbocycles.